The number of benzene rings is 4. The highest BCUT2D eigenvalue weighted by Crippen LogP contribution is 2.34. The maximum Gasteiger partial charge on any atom is 0.339 e. The summed E-state index contributed by atoms with van der Waals surface area (Å²) >= 11 is 15.8. The number of rotatable bonds is 19. The minimum Gasteiger partial charge on any atom is -0.462 e. The predicted molar refractivity (Wildman–Crippen MR) is 247 cm³/mol. The third-order valence-corrected chi connectivity index (χ3v) is 12.0. The van der Waals surface area contributed by atoms with Gasteiger partial charge in [-0.05, 0) is 44.0 Å². The average Bonchev–Trinajstić information content (AvgIpc) is 3.97. The smallest absolute Gasteiger partial charge is 0.339 e. The van der Waals surface area contributed by atoms with Gasteiger partial charge in [0.15, 0.2) is 0 Å². The summed E-state index contributed by atoms with van der Waals surface area (Å²) in [4.78, 5) is 36.6. The van der Waals surface area contributed by atoms with Crippen LogP contribution in [-0.2, 0) is 9.47 Å². The number of hydrogen-bond acceptors (Lipinski definition) is 12. The Bertz CT molecular complexity index is 2430. The van der Waals surface area contributed by atoms with Crippen molar-refractivity contribution in [2.24, 2.45) is 16.1 Å². The normalized spacial score (nSPS) is 12.4. The first-order valence-electron chi connectivity index (χ1n) is 19.7. The quantitative estimate of drug-likeness (QED) is 0.0449. The van der Waals surface area contributed by atoms with Crippen molar-refractivity contribution >= 4 is 80.5 Å². The zero-order valence-corrected chi connectivity index (χ0v) is 37.0. The molecule has 0 N–H and O–H groups in total. The van der Waals surface area contributed by atoms with E-state index in [0.717, 1.165) is 41.8 Å². The molecule has 60 heavy (non-hydrogen) atoms. The van der Waals surface area contributed by atoms with Crippen LogP contribution in [0.25, 0.3) is 22.5 Å². The van der Waals surface area contributed by atoms with Gasteiger partial charge in [-0.25, -0.2) is 29.6 Å². The van der Waals surface area contributed by atoms with E-state index < -0.39 is 11.9 Å². The van der Waals surface area contributed by atoms with Gasteiger partial charge in [0.05, 0.1) is 54.2 Å². The van der Waals surface area contributed by atoms with E-state index in [0.29, 0.717) is 55.5 Å². The number of hydrazone groups is 2. The Kier molecular flexibility index (Phi) is 16.0. The molecule has 2 aromatic heterocycles. The molecule has 0 aliphatic carbocycles. The lowest BCUT2D eigenvalue weighted by molar-refractivity contribution is 0.0333. The molecule has 2 atom stereocenters. The van der Waals surface area contributed by atoms with Crippen LogP contribution in [0.1, 0.15) is 78.3 Å². The van der Waals surface area contributed by atoms with Crippen molar-refractivity contribution in [2.75, 3.05) is 30.2 Å². The highest BCUT2D eigenvalue weighted by Gasteiger charge is 2.22. The lowest BCUT2D eigenvalue weighted by atomic mass is 10.0. The van der Waals surface area contributed by atoms with Crippen molar-refractivity contribution in [3.63, 3.8) is 0 Å². The van der Waals surface area contributed by atoms with Crippen molar-refractivity contribution in [2.45, 2.75) is 52.6 Å². The van der Waals surface area contributed by atoms with E-state index in [1.807, 2.05) is 102 Å². The van der Waals surface area contributed by atoms with Crippen LogP contribution >= 0.6 is 45.9 Å². The number of carbonyl (C=O) groups excluding carboxylic acids is 2. The van der Waals surface area contributed by atoms with Crippen LogP contribution in [0.5, 0.6) is 0 Å². The van der Waals surface area contributed by atoms with Crippen LogP contribution in [0.15, 0.2) is 118 Å². The summed E-state index contributed by atoms with van der Waals surface area (Å²) in [7, 11) is 1.80. The number of carbonyl (C=O) groups is 2. The van der Waals surface area contributed by atoms with Crippen molar-refractivity contribution in [3.8, 4) is 22.5 Å². The van der Waals surface area contributed by atoms with Crippen molar-refractivity contribution in [3.05, 3.63) is 140 Å². The number of nitrogens with zero attached hydrogens (tertiary/aromatic N) is 6. The molecule has 0 bridgehead atoms. The summed E-state index contributed by atoms with van der Waals surface area (Å²) in [6.07, 6.45) is 6.41. The Morgan fingerprint density at radius 2 is 1.28 bits per heavy atom. The van der Waals surface area contributed by atoms with E-state index in [1.54, 1.807) is 48.8 Å². The van der Waals surface area contributed by atoms with Gasteiger partial charge in [0.25, 0.3) is 0 Å². The lowest BCUT2D eigenvalue weighted by Gasteiger charge is -2.23. The van der Waals surface area contributed by atoms with Gasteiger partial charge in [0.1, 0.15) is 0 Å². The topological polar surface area (TPSA) is 110 Å². The molecule has 310 valence electrons. The molecule has 0 fully saturated rings. The van der Waals surface area contributed by atoms with E-state index >= 15 is 0 Å². The number of anilines is 2. The second-order valence-corrected chi connectivity index (χ2v) is 16.5. The van der Waals surface area contributed by atoms with Gasteiger partial charge in [-0.15, -0.1) is 22.7 Å². The molecular formula is C46H46Cl2N6O4S2. The van der Waals surface area contributed by atoms with E-state index in [4.69, 9.17) is 47.7 Å². The van der Waals surface area contributed by atoms with Gasteiger partial charge in [-0.3, -0.25) is 0 Å². The van der Waals surface area contributed by atoms with Crippen LogP contribution in [0.4, 0.5) is 10.3 Å². The molecular weight excluding hydrogens is 836 g/mol. The third-order valence-electron chi connectivity index (χ3n) is 9.58. The van der Waals surface area contributed by atoms with Gasteiger partial charge in [0, 0.05) is 56.0 Å². The highest BCUT2D eigenvalue weighted by atomic mass is 35.5. The molecule has 2 unspecified atom stereocenters. The first-order valence-corrected chi connectivity index (χ1v) is 22.2. The number of ether oxygens (including phenoxy) is 2. The monoisotopic (exact) mass is 880 g/mol. The second kappa shape index (κ2) is 21.7. The SMILES string of the molecule is CCCCC(COC(=O)c1ccccc1/C=N/N(C)c1nc(-c2ccccc2Cl)cs1)CN(/N=C/c1ccccc1C(=O)OC(C)CC)c1nc(-c2ccccc2Cl)cs1. The van der Waals surface area contributed by atoms with Gasteiger partial charge in [0.2, 0.25) is 10.3 Å². The number of thiazole rings is 2. The van der Waals surface area contributed by atoms with Crippen LogP contribution < -0.4 is 10.0 Å². The summed E-state index contributed by atoms with van der Waals surface area (Å²) < 4.78 is 11.7. The summed E-state index contributed by atoms with van der Waals surface area (Å²) in [5.74, 6) is -0.993. The second-order valence-electron chi connectivity index (χ2n) is 14.0. The first kappa shape index (κ1) is 44.2. The zero-order chi connectivity index (χ0) is 42.4. The van der Waals surface area contributed by atoms with Crippen molar-refractivity contribution in [1.29, 1.82) is 0 Å². The third kappa shape index (κ3) is 11.7. The number of halogens is 2. The molecule has 14 heteroatoms. The van der Waals surface area contributed by atoms with Crippen LogP contribution in [0.3, 0.4) is 0 Å². The Hall–Kier alpha value is -5.40. The molecule has 0 aliphatic rings. The Morgan fingerprint density at radius 1 is 0.750 bits per heavy atom. The molecule has 0 saturated carbocycles. The summed E-state index contributed by atoms with van der Waals surface area (Å²) in [6.45, 7) is 6.49. The number of esters is 2. The van der Waals surface area contributed by atoms with E-state index in [-0.39, 0.29) is 18.6 Å². The van der Waals surface area contributed by atoms with Crippen LogP contribution in [0.2, 0.25) is 10.0 Å². The van der Waals surface area contributed by atoms with Gasteiger partial charge >= 0.3 is 11.9 Å². The molecule has 0 radical (unpaired) electrons. The fourth-order valence-corrected chi connectivity index (χ4v) is 8.05. The van der Waals surface area contributed by atoms with E-state index in [1.165, 1.54) is 22.7 Å². The molecule has 4 aromatic carbocycles. The minimum absolute atomic E-state index is 0.117. The van der Waals surface area contributed by atoms with Gasteiger partial charge < -0.3 is 9.47 Å². The predicted octanol–water partition coefficient (Wildman–Crippen LogP) is 12.2. The average molecular weight is 882 g/mol. The van der Waals surface area contributed by atoms with E-state index in [9.17, 15) is 9.59 Å². The molecule has 6 aromatic rings. The largest absolute Gasteiger partial charge is 0.462 e. The molecule has 10 nitrogen and oxygen atoms in total. The van der Waals surface area contributed by atoms with Gasteiger partial charge in [-0.2, -0.15) is 10.2 Å². The number of unbranched alkanes of at least 4 members (excludes halogenated alkanes) is 1. The Labute approximate surface area is 369 Å². The number of hydrogen-bond donors (Lipinski definition) is 0. The lowest BCUT2D eigenvalue weighted by Crippen LogP contribution is -2.29. The summed E-state index contributed by atoms with van der Waals surface area (Å²) in [5, 5.41) is 19.4. The zero-order valence-electron chi connectivity index (χ0n) is 33.8. The van der Waals surface area contributed by atoms with Crippen molar-refractivity contribution < 1.29 is 19.1 Å². The standard InChI is InChI=1S/C46H46Cl2N6O4S2/c1-5-7-16-32(28-57-43(55)35-19-10-8-17-33(35)25-49-53(4)45-51-41(29-59-45)37-21-12-14-23-39(37)47)27-54(46-52-42(30-60-46)38-22-13-15-24-40(38)48)50-26-34-18-9-11-20-36(34)44(56)58-31(3)6-2/h8-15,17-26,29-32H,5-7,16,27-28H2,1-4H3/b49-25+,50-26+. The fourth-order valence-electron chi connectivity index (χ4n) is 6.04. The fraction of sp³-hybridized carbons (Fsp3) is 0.261. The Morgan fingerprint density at radius 3 is 1.88 bits per heavy atom. The molecule has 0 amide bonds. The molecule has 0 saturated heterocycles. The van der Waals surface area contributed by atoms with Crippen LogP contribution in [-0.4, -0.2) is 60.6 Å². The maximum atomic E-state index is 13.8. The van der Waals surface area contributed by atoms with Gasteiger partial charge in [-0.1, -0.05) is 123 Å². The summed E-state index contributed by atoms with van der Waals surface area (Å²) in [5.41, 5.74) is 5.14. The summed E-state index contributed by atoms with van der Waals surface area (Å²) in [6, 6.07) is 29.5. The highest BCUT2D eigenvalue weighted by molar-refractivity contribution is 7.14. The van der Waals surface area contributed by atoms with Crippen LogP contribution in [0, 0.1) is 5.92 Å². The molecule has 0 aliphatic heterocycles. The first-order chi connectivity index (χ1) is 29.1. The van der Waals surface area contributed by atoms with Crippen molar-refractivity contribution in [1.82, 2.24) is 9.97 Å². The van der Waals surface area contributed by atoms with E-state index in [2.05, 4.69) is 12.0 Å². The Balaban J connectivity index is 1.21. The number of aromatic nitrogens is 2. The minimum atomic E-state index is -0.462. The molecule has 2 heterocycles. The molecule has 0 spiro atoms. The maximum absolute atomic E-state index is 13.8. The molecule has 6 rings (SSSR count).